The first-order valence-corrected chi connectivity index (χ1v) is 11.6. The topological polar surface area (TPSA) is 110 Å². The van der Waals surface area contributed by atoms with Crippen molar-refractivity contribution in [3.05, 3.63) is 16.0 Å². The first-order chi connectivity index (χ1) is 12.8. The first-order valence-electron chi connectivity index (χ1n) is 8.93. The van der Waals surface area contributed by atoms with Crippen molar-refractivity contribution >= 4 is 38.0 Å². The number of amides is 2. The van der Waals surface area contributed by atoms with Gasteiger partial charge in [-0.3, -0.25) is 14.5 Å². The molecule has 3 N–H and O–H groups in total. The zero-order chi connectivity index (χ0) is 19.6. The largest absolute Gasteiger partial charge is 0.365 e. The van der Waals surface area contributed by atoms with Gasteiger partial charge in [0.1, 0.15) is 5.00 Å². The average molecular weight is 410 g/mol. The molecule has 0 aromatic carbocycles. The van der Waals surface area contributed by atoms with Gasteiger partial charge in [0.15, 0.2) is 9.84 Å². The van der Waals surface area contributed by atoms with Crippen LogP contribution in [0.15, 0.2) is 0 Å². The molecule has 0 saturated carbocycles. The van der Waals surface area contributed by atoms with Crippen LogP contribution in [0, 0.1) is 12.3 Å². The summed E-state index contributed by atoms with van der Waals surface area (Å²) in [5.74, 6) is 1.76. The van der Waals surface area contributed by atoms with Crippen molar-refractivity contribution in [1.29, 1.82) is 0 Å². The molecule has 9 heteroatoms. The van der Waals surface area contributed by atoms with E-state index in [1.807, 2.05) is 0 Å². The van der Waals surface area contributed by atoms with Crippen LogP contribution < -0.4 is 11.1 Å². The molecule has 1 unspecified atom stereocenters. The van der Waals surface area contributed by atoms with Crippen LogP contribution in [0.1, 0.15) is 40.1 Å². The standard InChI is InChI=1S/C18H23N3O4S2/c1-2-8-21(12-7-9-27(24,25)11-12)10-15(22)20-18-16(17(19)23)13-5-3-4-6-14(13)26-18/h1,12H,3-11H2,(H2,19,23)(H,20,22). The number of fused-ring (bicyclic) bond motifs is 1. The van der Waals surface area contributed by atoms with Gasteiger partial charge in [-0.2, -0.15) is 0 Å². The highest BCUT2D eigenvalue weighted by atomic mass is 32.2. The lowest BCUT2D eigenvalue weighted by Crippen LogP contribution is -2.41. The quantitative estimate of drug-likeness (QED) is 0.675. The molecule has 0 radical (unpaired) electrons. The summed E-state index contributed by atoms with van der Waals surface area (Å²) in [5, 5.41) is 3.29. The normalized spacial score (nSPS) is 20.8. The molecule has 1 aliphatic heterocycles. The van der Waals surface area contributed by atoms with Crippen LogP contribution in [-0.4, -0.2) is 55.8 Å². The second-order valence-electron chi connectivity index (χ2n) is 6.99. The van der Waals surface area contributed by atoms with Crippen LogP contribution in [0.2, 0.25) is 0 Å². The summed E-state index contributed by atoms with van der Waals surface area (Å²) in [6, 6.07) is -0.260. The lowest BCUT2D eigenvalue weighted by atomic mass is 9.95. The minimum absolute atomic E-state index is 0.0157. The molecule has 1 fully saturated rings. The number of primary amides is 1. The van der Waals surface area contributed by atoms with E-state index in [0.29, 0.717) is 17.0 Å². The van der Waals surface area contributed by atoms with Crippen molar-refractivity contribution in [2.75, 3.05) is 29.9 Å². The number of sulfone groups is 1. The van der Waals surface area contributed by atoms with Gasteiger partial charge >= 0.3 is 0 Å². The van der Waals surface area contributed by atoms with Gasteiger partial charge in [-0.1, -0.05) is 5.92 Å². The van der Waals surface area contributed by atoms with Crippen LogP contribution >= 0.6 is 11.3 Å². The fourth-order valence-corrected chi connectivity index (χ4v) is 6.83. The van der Waals surface area contributed by atoms with Crippen LogP contribution in [0.4, 0.5) is 5.00 Å². The molecule has 1 aliphatic carbocycles. The summed E-state index contributed by atoms with van der Waals surface area (Å²) >= 11 is 1.40. The summed E-state index contributed by atoms with van der Waals surface area (Å²) in [6.45, 7) is 0.169. The fraction of sp³-hybridized carbons (Fsp3) is 0.556. The lowest BCUT2D eigenvalue weighted by molar-refractivity contribution is -0.117. The maximum Gasteiger partial charge on any atom is 0.251 e. The molecule has 146 valence electrons. The summed E-state index contributed by atoms with van der Waals surface area (Å²) in [5.41, 5.74) is 6.92. The van der Waals surface area contributed by atoms with Gasteiger partial charge in [0.05, 0.1) is 30.2 Å². The molecule has 7 nitrogen and oxygen atoms in total. The van der Waals surface area contributed by atoms with Crippen molar-refractivity contribution in [3.63, 3.8) is 0 Å². The molecule has 1 atom stereocenters. The van der Waals surface area contributed by atoms with Gasteiger partial charge in [0, 0.05) is 10.9 Å². The van der Waals surface area contributed by atoms with Crippen molar-refractivity contribution in [1.82, 2.24) is 4.90 Å². The number of carbonyl (C=O) groups excluding carboxylic acids is 2. The van der Waals surface area contributed by atoms with Crippen LogP contribution in [0.5, 0.6) is 0 Å². The average Bonchev–Trinajstić information content (AvgIpc) is 3.13. The Morgan fingerprint density at radius 1 is 1.33 bits per heavy atom. The second kappa shape index (κ2) is 8.00. The van der Waals surface area contributed by atoms with E-state index in [2.05, 4.69) is 11.2 Å². The van der Waals surface area contributed by atoms with E-state index >= 15 is 0 Å². The van der Waals surface area contributed by atoms with E-state index in [1.54, 1.807) is 4.90 Å². The Morgan fingerprint density at radius 2 is 2.07 bits per heavy atom. The zero-order valence-electron chi connectivity index (χ0n) is 15.0. The first kappa shape index (κ1) is 19.9. The summed E-state index contributed by atoms with van der Waals surface area (Å²) in [6.07, 6.45) is 9.61. The van der Waals surface area contributed by atoms with E-state index in [4.69, 9.17) is 12.2 Å². The third-order valence-corrected chi connectivity index (χ3v) is 7.99. The Bertz CT molecular complexity index is 898. The highest BCUT2D eigenvalue weighted by Crippen LogP contribution is 2.37. The van der Waals surface area contributed by atoms with E-state index < -0.39 is 15.7 Å². The number of nitrogens with two attached hydrogens (primary N) is 1. The third-order valence-electron chi connectivity index (χ3n) is 5.04. The highest BCUT2D eigenvalue weighted by Gasteiger charge is 2.33. The fourth-order valence-electron chi connectivity index (χ4n) is 3.76. The van der Waals surface area contributed by atoms with Crippen LogP contribution in [0.3, 0.4) is 0 Å². The van der Waals surface area contributed by atoms with Gasteiger partial charge in [0.25, 0.3) is 5.91 Å². The van der Waals surface area contributed by atoms with Crippen molar-refractivity contribution in [2.45, 2.75) is 38.1 Å². The van der Waals surface area contributed by atoms with Crippen LogP contribution in [-0.2, 0) is 27.5 Å². The summed E-state index contributed by atoms with van der Waals surface area (Å²) in [4.78, 5) is 27.3. The van der Waals surface area contributed by atoms with E-state index in [9.17, 15) is 18.0 Å². The Morgan fingerprint density at radius 3 is 2.70 bits per heavy atom. The Hall–Kier alpha value is -1.89. The molecule has 2 aliphatic rings. The molecule has 1 saturated heterocycles. The number of rotatable bonds is 6. The monoisotopic (exact) mass is 409 g/mol. The molecule has 2 heterocycles. The van der Waals surface area contributed by atoms with Crippen LogP contribution in [0.25, 0.3) is 0 Å². The Labute approximate surface area is 163 Å². The van der Waals surface area contributed by atoms with Gasteiger partial charge in [-0.15, -0.1) is 17.8 Å². The minimum atomic E-state index is -3.07. The summed E-state index contributed by atoms with van der Waals surface area (Å²) in [7, 11) is -3.07. The molecule has 1 aromatic heterocycles. The number of carbonyl (C=O) groups is 2. The van der Waals surface area contributed by atoms with E-state index in [-0.39, 0.29) is 36.5 Å². The highest BCUT2D eigenvalue weighted by molar-refractivity contribution is 7.91. The van der Waals surface area contributed by atoms with E-state index in [0.717, 1.165) is 36.1 Å². The number of hydrogen-bond donors (Lipinski definition) is 2. The van der Waals surface area contributed by atoms with Crippen molar-refractivity contribution in [3.8, 4) is 12.3 Å². The number of thiophene rings is 1. The van der Waals surface area contributed by atoms with Crippen molar-refractivity contribution in [2.24, 2.45) is 5.73 Å². The molecular formula is C18H23N3O4S2. The molecule has 27 heavy (non-hydrogen) atoms. The predicted octanol–water partition coefficient (Wildman–Crippen LogP) is 0.787. The zero-order valence-corrected chi connectivity index (χ0v) is 16.6. The van der Waals surface area contributed by atoms with Gasteiger partial charge < -0.3 is 11.1 Å². The minimum Gasteiger partial charge on any atom is -0.365 e. The maximum atomic E-state index is 12.6. The number of anilines is 1. The molecular weight excluding hydrogens is 386 g/mol. The molecule has 0 bridgehead atoms. The smallest absolute Gasteiger partial charge is 0.251 e. The number of nitrogens with one attached hydrogen (secondary N) is 1. The summed E-state index contributed by atoms with van der Waals surface area (Å²) < 4.78 is 23.5. The maximum absolute atomic E-state index is 12.6. The molecule has 1 aromatic rings. The molecule has 0 spiro atoms. The van der Waals surface area contributed by atoms with Crippen molar-refractivity contribution < 1.29 is 18.0 Å². The SMILES string of the molecule is C#CCN(CC(=O)Nc1sc2c(c1C(N)=O)CCCC2)C1CCS(=O)(=O)C1. The second-order valence-corrected chi connectivity index (χ2v) is 10.3. The van der Waals surface area contributed by atoms with Gasteiger partial charge in [-0.25, -0.2) is 8.42 Å². The van der Waals surface area contributed by atoms with Gasteiger partial charge in [-0.05, 0) is 37.7 Å². The van der Waals surface area contributed by atoms with E-state index in [1.165, 1.54) is 11.3 Å². The molecule has 3 rings (SSSR count). The molecule has 2 amide bonds. The number of hydrogen-bond acceptors (Lipinski definition) is 6. The number of aryl methyl sites for hydroxylation is 1. The number of terminal acetylenes is 1. The predicted molar refractivity (Wildman–Crippen MR) is 106 cm³/mol. The Kier molecular flexibility index (Phi) is 5.89. The Balaban J connectivity index is 1.74. The lowest BCUT2D eigenvalue weighted by Gasteiger charge is -2.25. The number of nitrogens with zero attached hydrogens (tertiary/aromatic N) is 1. The third kappa shape index (κ3) is 4.51. The van der Waals surface area contributed by atoms with Gasteiger partial charge in [0.2, 0.25) is 5.91 Å².